The molecule has 142 valence electrons. The molecule has 1 aromatic rings. The Labute approximate surface area is 163 Å². The molecule has 0 saturated heterocycles. The third kappa shape index (κ3) is 5.96. The first-order valence-electron chi connectivity index (χ1n) is 9.95. The van der Waals surface area contributed by atoms with E-state index in [1.165, 1.54) is 0 Å². The number of ether oxygens (including phenoxy) is 1. The molecule has 0 aliphatic heterocycles. The van der Waals surface area contributed by atoms with Gasteiger partial charge in [-0.3, -0.25) is 0 Å². The van der Waals surface area contributed by atoms with Crippen LogP contribution in [0.4, 0.5) is 0 Å². The van der Waals surface area contributed by atoms with Gasteiger partial charge in [0.15, 0.2) is 0 Å². The number of hydrogen-bond donors (Lipinski definition) is 0. The minimum Gasteiger partial charge on any atom is -0.461 e. The summed E-state index contributed by atoms with van der Waals surface area (Å²) in [5, 5.41) is 9.76. The van der Waals surface area contributed by atoms with E-state index in [-0.39, 0.29) is 5.57 Å². The summed E-state index contributed by atoms with van der Waals surface area (Å²) in [5.74, 6) is -0.172. The zero-order valence-corrected chi connectivity index (χ0v) is 16.4. The maximum atomic E-state index is 12.8. The summed E-state index contributed by atoms with van der Waals surface area (Å²) in [6, 6.07) is 11.7. The van der Waals surface area contributed by atoms with Gasteiger partial charge in [-0.2, -0.15) is 5.26 Å². The molecule has 3 heteroatoms. The zero-order valence-electron chi connectivity index (χ0n) is 16.4. The Morgan fingerprint density at radius 3 is 2.59 bits per heavy atom. The number of nitrogens with zero attached hydrogens (tertiary/aromatic N) is 1. The smallest absolute Gasteiger partial charge is 0.349 e. The molecule has 27 heavy (non-hydrogen) atoms. The highest BCUT2D eigenvalue weighted by atomic mass is 16.5. The SMILES string of the molecule is CCCCC(CC)COC(=O)C(C#N)=C(C1=CCCC=C1)c1ccccc1. The standard InChI is InChI=1S/C24H29NO2/c1-3-5-12-19(4-2)18-27-24(26)22(17-25)23(20-13-8-6-9-14-20)21-15-10-7-11-16-21/h6,8-10,13-16,19H,3-5,7,11-12,18H2,1-2H3. The van der Waals surface area contributed by atoms with Crippen molar-refractivity contribution in [1.82, 2.24) is 0 Å². The maximum Gasteiger partial charge on any atom is 0.349 e. The summed E-state index contributed by atoms with van der Waals surface area (Å²) < 4.78 is 5.57. The van der Waals surface area contributed by atoms with E-state index in [0.29, 0.717) is 18.1 Å². The Balaban J connectivity index is 2.30. The average molecular weight is 364 g/mol. The van der Waals surface area contributed by atoms with Crippen LogP contribution >= 0.6 is 0 Å². The van der Waals surface area contributed by atoms with Gasteiger partial charge in [0.1, 0.15) is 11.6 Å². The zero-order chi connectivity index (χ0) is 19.5. The monoisotopic (exact) mass is 363 g/mol. The highest BCUT2D eigenvalue weighted by molar-refractivity contribution is 6.05. The van der Waals surface area contributed by atoms with Crippen LogP contribution in [0.15, 0.2) is 59.7 Å². The van der Waals surface area contributed by atoms with Crippen LogP contribution < -0.4 is 0 Å². The van der Waals surface area contributed by atoms with Gasteiger partial charge in [0.2, 0.25) is 0 Å². The molecule has 0 amide bonds. The fourth-order valence-corrected chi connectivity index (χ4v) is 3.23. The summed E-state index contributed by atoms with van der Waals surface area (Å²) in [5.41, 5.74) is 2.53. The Morgan fingerprint density at radius 1 is 1.22 bits per heavy atom. The molecule has 0 spiro atoms. The summed E-state index contributed by atoms with van der Waals surface area (Å²) in [6.45, 7) is 4.65. The average Bonchev–Trinajstić information content (AvgIpc) is 2.73. The van der Waals surface area contributed by atoms with Crippen LogP contribution in [-0.4, -0.2) is 12.6 Å². The molecule has 2 rings (SSSR count). The van der Waals surface area contributed by atoms with E-state index in [9.17, 15) is 10.1 Å². The van der Waals surface area contributed by atoms with Gasteiger partial charge in [-0.15, -0.1) is 0 Å². The van der Waals surface area contributed by atoms with Gasteiger partial charge in [0, 0.05) is 5.57 Å². The predicted octanol–water partition coefficient (Wildman–Crippen LogP) is 6.00. The van der Waals surface area contributed by atoms with Crippen molar-refractivity contribution in [1.29, 1.82) is 5.26 Å². The molecule has 0 fully saturated rings. The molecular weight excluding hydrogens is 334 g/mol. The molecule has 0 radical (unpaired) electrons. The van der Waals surface area contributed by atoms with Gasteiger partial charge < -0.3 is 4.74 Å². The van der Waals surface area contributed by atoms with Crippen molar-refractivity contribution in [3.8, 4) is 6.07 Å². The van der Waals surface area contributed by atoms with Crippen molar-refractivity contribution in [2.24, 2.45) is 5.92 Å². The number of carbonyl (C=O) groups is 1. The van der Waals surface area contributed by atoms with E-state index in [2.05, 4.69) is 32.1 Å². The Hall–Kier alpha value is -2.60. The van der Waals surface area contributed by atoms with E-state index in [1.54, 1.807) is 0 Å². The van der Waals surface area contributed by atoms with Gasteiger partial charge in [0.05, 0.1) is 6.61 Å². The quantitative estimate of drug-likeness (QED) is 0.307. The largest absolute Gasteiger partial charge is 0.461 e. The first-order valence-corrected chi connectivity index (χ1v) is 9.95. The fraction of sp³-hybridized carbons (Fsp3) is 0.417. The molecule has 0 bridgehead atoms. The van der Waals surface area contributed by atoms with Gasteiger partial charge >= 0.3 is 5.97 Å². The number of hydrogen-bond acceptors (Lipinski definition) is 3. The fourth-order valence-electron chi connectivity index (χ4n) is 3.23. The lowest BCUT2D eigenvalue weighted by atomic mass is 9.90. The number of allylic oxidation sites excluding steroid dienone is 5. The first-order chi connectivity index (χ1) is 13.2. The molecule has 0 N–H and O–H groups in total. The minimum atomic E-state index is -0.522. The summed E-state index contributed by atoms with van der Waals surface area (Å²) in [6.07, 6.45) is 12.3. The van der Waals surface area contributed by atoms with Crippen LogP contribution in [0.1, 0.15) is 57.9 Å². The molecule has 1 aliphatic carbocycles. The van der Waals surface area contributed by atoms with E-state index in [0.717, 1.165) is 49.7 Å². The van der Waals surface area contributed by atoms with Crippen molar-refractivity contribution in [3.05, 3.63) is 65.3 Å². The number of unbranched alkanes of at least 4 members (excludes halogenated alkanes) is 1. The van der Waals surface area contributed by atoms with E-state index in [1.807, 2.05) is 36.4 Å². The van der Waals surface area contributed by atoms with Crippen LogP contribution in [0.5, 0.6) is 0 Å². The third-order valence-electron chi connectivity index (χ3n) is 4.91. The van der Waals surface area contributed by atoms with Crippen molar-refractivity contribution in [2.45, 2.75) is 52.4 Å². The van der Waals surface area contributed by atoms with Crippen LogP contribution in [0.25, 0.3) is 5.57 Å². The van der Waals surface area contributed by atoms with Crippen molar-refractivity contribution in [3.63, 3.8) is 0 Å². The lowest BCUT2D eigenvalue weighted by Crippen LogP contribution is -2.16. The highest BCUT2D eigenvalue weighted by Gasteiger charge is 2.22. The van der Waals surface area contributed by atoms with Crippen LogP contribution in [-0.2, 0) is 9.53 Å². The number of esters is 1. The third-order valence-corrected chi connectivity index (χ3v) is 4.91. The Morgan fingerprint density at radius 2 is 2.00 bits per heavy atom. The molecule has 1 aromatic carbocycles. The number of carbonyl (C=O) groups excluding carboxylic acids is 1. The van der Waals surface area contributed by atoms with Gasteiger partial charge in [0.25, 0.3) is 0 Å². The van der Waals surface area contributed by atoms with Crippen LogP contribution in [0.2, 0.25) is 0 Å². The second-order valence-electron chi connectivity index (χ2n) is 6.88. The highest BCUT2D eigenvalue weighted by Crippen LogP contribution is 2.31. The molecule has 1 aliphatic rings. The van der Waals surface area contributed by atoms with E-state index in [4.69, 9.17) is 4.74 Å². The van der Waals surface area contributed by atoms with Crippen LogP contribution in [0.3, 0.4) is 0 Å². The second kappa shape index (κ2) is 11.2. The van der Waals surface area contributed by atoms with E-state index >= 15 is 0 Å². The first kappa shape index (κ1) is 20.7. The van der Waals surface area contributed by atoms with Gasteiger partial charge in [-0.05, 0) is 36.3 Å². The lowest BCUT2D eigenvalue weighted by molar-refractivity contribution is -0.139. The van der Waals surface area contributed by atoms with E-state index < -0.39 is 5.97 Å². The van der Waals surface area contributed by atoms with Gasteiger partial charge in [-0.1, -0.05) is 81.7 Å². The normalized spacial score (nSPS) is 15.4. The summed E-state index contributed by atoms with van der Waals surface area (Å²) in [4.78, 5) is 12.8. The van der Waals surface area contributed by atoms with Crippen molar-refractivity contribution >= 4 is 11.5 Å². The number of benzene rings is 1. The minimum absolute atomic E-state index is 0.0874. The molecule has 0 aromatic heterocycles. The molecular formula is C24H29NO2. The van der Waals surface area contributed by atoms with Crippen LogP contribution in [0, 0.1) is 17.2 Å². The predicted molar refractivity (Wildman–Crippen MR) is 110 cm³/mol. The van der Waals surface area contributed by atoms with Gasteiger partial charge in [-0.25, -0.2) is 4.79 Å². The molecule has 1 unspecified atom stereocenters. The molecule has 0 heterocycles. The lowest BCUT2D eigenvalue weighted by Gasteiger charge is -2.17. The van der Waals surface area contributed by atoms with Crippen molar-refractivity contribution in [2.75, 3.05) is 6.61 Å². The molecule has 3 nitrogen and oxygen atoms in total. The molecule has 1 atom stereocenters. The Bertz CT molecular complexity index is 750. The second-order valence-corrected chi connectivity index (χ2v) is 6.88. The summed E-state index contributed by atoms with van der Waals surface area (Å²) in [7, 11) is 0. The molecule has 0 saturated carbocycles. The topological polar surface area (TPSA) is 50.1 Å². The summed E-state index contributed by atoms with van der Waals surface area (Å²) >= 11 is 0. The number of rotatable bonds is 9. The number of nitriles is 1. The Kier molecular flexibility index (Phi) is 8.58. The maximum absolute atomic E-state index is 12.8. The van der Waals surface area contributed by atoms with Crippen molar-refractivity contribution < 1.29 is 9.53 Å².